The van der Waals surface area contributed by atoms with Crippen molar-refractivity contribution in [1.29, 1.82) is 0 Å². The van der Waals surface area contributed by atoms with Crippen molar-refractivity contribution in [3.63, 3.8) is 0 Å². The highest BCUT2D eigenvalue weighted by Gasteiger charge is 2.29. The second kappa shape index (κ2) is 5.87. The summed E-state index contributed by atoms with van der Waals surface area (Å²) >= 11 is 0. The number of carboxylic acid groups (broad SMARTS) is 1. The third kappa shape index (κ3) is 4.64. The minimum atomic E-state index is -0.887. The second-order valence-corrected chi connectivity index (χ2v) is 5.01. The molecule has 4 heteroatoms. The van der Waals surface area contributed by atoms with Gasteiger partial charge in [-0.3, -0.25) is 9.59 Å². The van der Waals surface area contributed by atoms with Crippen molar-refractivity contribution in [2.45, 2.75) is 53.0 Å². The predicted octanol–water partition coefficient (Wildman–Crippen LogP) is 2.04. The first-order chi connectivity index (χ1) is 7.22. The molecule has 0 bridgehead atoms. The van der Waals surface area contributed by atoms with Crippen molar-refractivity contribution in [3.05, 3.63) is 0 Å². The van der Waals surface area contributed by atoms with Crippen molar-refractivity contribution in [1.82, 2.24) is 5.32 Å². The van der Waals surface area contributed by atoms with Crippen LogP contribution in [0.4, 0.5) is 0 Å². The van der Waals surface area contributed by atoms with Crippen LogP contribution in [-0.2, 0) is 9.59 Å². The molecule has 0 radical (unpaired) electrons. The summed E-state index contributed by atoms with van der Waals surface area (Å²) in [6.07, 6.45) is 0.565. The zero-order valence-corrected chi connectivity index (χ0v) is 10.8. The van der Waals surface area contributed by atoms with Crippen molar-refractivity contribution >= 4 is 11.9 Å². The summed E-state index contributed by atoms with van der Waals surface area (Å²) in [7, 11) is 0. The molecule has 0 aliphatic rings. The number of hydrogen-bond donors (Lipinski definition) is 2. The highest BCUT2D eigenvalue weighted by atomic mass is 16.4. The average molecular weight is 229 g/mol. The fourth-order valence-corrected chi connectivity index (χ4v) is 1.31. The summed E-state index contributed by atoms with van der Waals surface area (Å²) < 4.78 is 0. The van der Waals surface area contributed by atoms with E-state index >= 15 is 0 Å². The Morgan fingerprint density at radius 2 is 1.81 bits per heavy atom. The normalized spacial score (nSPS) is 16.6. The molecule has 0 heterocycles. The minimum absolute atomic E-state index is 0.0416. The maximum Gasteiger partial charge on any atom is 0.305 e. The SMILES string of the molecule is CCC(C)(CC(=O)O)NC(=O)C(C)C(C)C. The van der Waals surface area contributed by atoms with E-state index in [1.54, 1.807) is 6.92 Å². The van der Waals surface area contributed by atoms with Crippen LogP contribution in [0.25, 0.3) is 0 Å². The van der Waals surface area contributed by atoms with Gasteiger partial charge in [-0.25, -0.2) is 0 Å². The van der Waals surface area contributed by atoms with Crippen molar-refractivity contribution in [2.75, 3.05) is 0 Å². The van der Waals surface area contributed by atoms with Gasteiger partial charge in [-0.15, -0.1) is 0 Å². The number of amides is 1. The summed E-state index contributed by atoms with van der Waals surface area (Å²) in [5, 5.41) is 11.6. The van der Waals surface area contributed by atoms with E-state index in [1.165, 1.54) is 0 Å². The number of carbonyl (C=O) groups is 2. The molecule has 0 saturated carbocycles. The van der Waals surface area contributed by atoms with E-state index in [0.717, 1.165) is 0 Å². The molecule has 0 fully saturated rings. The fraction of sp³-hybridized carbons (Fsp3) is 0.833. The van der Waals surface area contributed by atoms with Crippen LogP contribution in [0, 0.1) is 11.8 Å². The van der Waals surface area contributed by atoms with Crippen LogP contribution in [-0.4, -0.2) is 22.5 Å². The molecule has 94 valence electrons. The summed E-state index contributed by atoms with van der Waals surface area (Å²) in [6.45, 7) is 9.46. The lowest BCUT2D eigenvalue weighted by molar-refractivity contribution is -0.139. The standard InChI is InChI=1S/C12H23NO3/c1-6-12(5,7-10(14)15)13-11(16)9(4)8(2)3/h8-9H,6-7H2,1-5H3,(H,13,16)(H,14,15). The van der Waals surface area contributed by atoms with Crippen molar-refractivity contribution in [2.24, 2.45) is 11.8 Å². The number of nitrogens with one attached hydrogen (secondary N) is 1. The average Bonchev–Trinajstić information content (AvgIpc) is 2.14. The van der Waals surface area contributed by atoms with E-state index in [-0.39, 0.29) is 24.2 Å². The molecular weight excluding hydrogens is 206 g/mol. The molecule has 2 unspecified atom stereocenters. The molecular formula is C12H23NO3. The molecule has 2 atom stereocenters. The summed E-state index contributed by atoms with van der Waals surface area (Å²) in [4.78, 5) is 22.5. The van der Waals surface area contributed by atoms with Gasteiger partial charge in [-0.05, 0) is 19.3 Å². The molecule has 2 N–H and O–H groups in total. The van der Waals surface area contributed by atoms with Gasteiger partial charge in [0.25, 0.3) is 0 Å². The van der Waals surface area contributed by atoms with E-state index in [4.69, 9.17) is 5.11 Å². The molecule has 0 saturated heterocycles. The van der Waals surface area contributed by atoms with Crippen LogP contribution < -0.4 is 5.32 Å². The van der Waals surface area contributed by atoms with Crippen LogP contribution >= 0.6 is 0 Å². The zero-order valence-electron chi connectivity index (χ0n) is 10.8. The molecule has 0 aromatic heterocycles. The Kier molecular flexibility index (Phi) is 5.48. The number of rotatable bonds is 6. The lowest BCUT2D eigenvalue weighted by Crippen LogP contribution is -2.49. The first kappa shape index (κ1) is 14.9. The summed E-state index contributed by atoms with van der Waals surface area (Å²) in [6, 6.07) is 0. The van der Waals surface area contributed by atoms with Crippen LogP contribution in [0.5, 0.6) is 0 Å². The number of hydrogen-bond acceptors (Lipinski definition) is 2. The van der Waals surface area contributed by atoms with Gasteiger partial charge in [0.2, 0.25) is 5.91 Å². The van der Waals surface area contributed by atoms with Gasteiger partial charge >= 0.3 is 5.97 Å². The van der Waals surface area contributed by atoms with Crippen LogP contribution in [0.2, 0.25) is 0 Å². The molecule has 16 heavy (non-hydrogen) atoms. The monoisotopic (exact) mass is 229 g/mol. The smallest absolute Gasteiger partial charge is 0.305 e. The van der Waals surface area contributed by atoms with Gasteiger partial charge in [0.15, 0.2) is 0 Å². The number of aliphatic carboxylic acids is 1. The van der Waals surface area contributed by atoms with Gasteiger partial charge in [-0.1, -0.05) is 27.7 Å². The lowest BCUT2D eigenvalue weighted by Gasteiger charge is -2.30. The summed E-state index contributed by atoms with van der Waals surface area (Å²) in [5.41, 5.74) is -0.647. The van der Waals surface area contributed by atoms with Gasteiger partial charge in [0, 0.05) is 11.5 Å². The molecule has 0 aliphatic carbocycles. The molecule has 0 aliphatic heterocycles. The number of carbonyl (C=O) groups excluding carboxylic acids is 1. The van der Waals surface area contributed by atoms with Gasteiger partial charge < -0.3 is 10.4 Å². The van der Waals surface area contributed by atoms with Gasteiger partial charge in [0.05, 0.1) is 6.42 Å². The predicted molar refractivity (Wildman–Crippen MR) is 63.1 cm³/mol. The Morgan fingerprint density at radius 1 is 1.31 bits per heavy atom. The Bertz CT molecular complexity index is 263. The molecule has 0 spiro atoms. The van der Waals surface area contributed by atoms with E-state index in [1.807, 2.05) is 27.7 Å². The van der Waals surface area contributed by atoms with Crippen molar-refractivity contribution in [3.8, 4) is 0 Å². The maximum absolute atomic E-state index is 11.8. The molecule has 4 nitrogen and oxygen atoms in total. The minimum Gasteiger partial charge on any atom is -0.481 e. The van der Waals surface area contributed by atoms with Crippen LogP contribution in [0.3, 0.4) is 0 Å². The first-order valence-corrected chi connectivity index (χ1v) is 5.75. The van der Waals surface area contributed by atoms with E-state index < -0.39 is 11.5 Å². The third-order valence-electron chi connectivity index (χ3n) is 3.16. The molecule has 0 aromatic rings. The highest BCUT2D eigenvalue weighted by molar-refractivity contribution is 5.80. The van der Waals surface area contributed by atoms with E-state index in [0.29, 0.717) is 6.42 Å². The molecule has 1 amide bonds. The Hall–Kier alpha value is -1.06. The molecule has 0 rings (SSSR count). The lowest BCUT2D eigenvalue weighted by atomic mass is 9.91. The topological polar surface area (TPSA) is 66.4 Å². The van der Waals surface area contributed by atoms with Gasteiger partial charge in [0.1, 0.15) is 0 Å². The fourth-order valence-electron chi connectivity index (χ4n) is 1.31. The Morgan fingerprint density at radius 3 is 2.12 bits per heavy atom. The summed E-state index contributed by atoms with van der Waals surface area (Å²) in [5.74, 6) is -0.798. The second-order valence-electron chi connectivity index (χ2n) is 5.01. The Balaban J connectivity index is 4.53. The van der Waals surface area contributed by atoms with E-state index in [2.05, 4.69) is 5.32 Å². The third-order valence-corrected chi connectivity index (χ3v) is 3.16. The van der Waals surface area contributed by atoms with Crippen LogP contribution in [0.15, 0.2) is 0 Å². The Labute approximate surface area is 97.4 Å². The first-order valence-electron chi connectivity index (χ1n) is 5.75. The largest absolute Gasteiger partial charge is 0.481 e. The van der Waals surface area contributed by atoms with E-state index in [9.17, 15) is 9.59 Å². The zero-order chi connectivity index (χ0) is 12.9. The van der Waals surface area contributed by atoms with Gasteiger partial charge in [-0.2, -0.15) is 0 Å². The maximum atomic E-state index is 11.8. The molecule has 0 aromatic carbocycles. The van der Waals surface area contributed by atoms with Crippen LogP contribution in [0.1, 0.15) is 47.5 Å². The quantitative estimate of drug-likeness (QED) is 0.732. The number of carboxylic acids is 1. The highest BCUT2D eigenvalue weighted by Crippen LogP contribution is 2.17. The van der Waals surface area contributed by atoms with Crippen molar-refractivity contribution < 1.29 is 14.7 Å².